The van der Waals surface area contributed by atoms with Crippen LogP contribution in [0.2, 0.25) is 0 Å². The molecule has 3 N–H and O–H groups in total. The third-order valence-electron chi connectivity index (χ3n) is 2.75. The number of aliphatic hydroxyl groups is 1. The van der Waals surface area contributed by atoms with Gasteiger partial charge in [0, 0.05) is 33.7 Å². The van der Waals surface area contributed by atoms with Gasteiger partial charge in [0.25, 0.3) is 0 Å². The molecule has 0 aliphatic rings. The Hall–Kier alpha value is -0.810. The molecule has 0 aromatic heterocycles. The lowest BCUT2D eigenvalue weighted by molar-refractivity contribution is 0.0329. The lowest BCUT2D eigenvalue weighted by atomic mass is 9.98. The summed E-state index contributed by atoms with van der Waals surface area (Å²) >= 11 is 0. The predicted molar refractivity (Wildman–Crippen MR) is 65.5 cm³/mol. The summed E-state index contributed by atoms with van der Waals surface area (Å²) in [6, 6.07) is -0.0944. The summed E-state index contributed by atoms with van der Waals surface area (Å²) in [6.45, 7) is 5.75. The summed E-state index contributed by atoms with van der Waals surface area (Å²) < 4.78 is 0. The average Bonchev–Trinajstić information content (AvgIpc) is 2.27. The zero-order valence-corrected chi connectivity index (χ0v) is 10.8. The highest BCUT2D eigenvalue weighted by molar-refractivity contribution is 5.73. The van der Waals surface area contributed by atoms with Crippen LogP contribution in [0.3, 0.4) is 0 Å². The van der Waals surface area contributed by atoms with Gasteiger partial charge in [-0.25, -0.2) is 4.79 Å². The molecule has 0 unspecified atom stereocenters. The second-order valence-electron chi connectivity index (χ2n) is 4.23. The summed E-state index contributed by atoms with van der Waals surface area (Å²) in [4.78, 5) is 12.6. The first-order chi connectivity index (χ1) is 7.45. The number of hydrogen-bond acceptors (Lipinski definition) is 3. The van der Waals surface area contributed by atoms with Crippen LogP contribution in [0.5, 0.6) is 0 Å². The molecule has 0 heterocycles. The van der Waals surface area contributed by atoms with Crippen molar-refractivity contribution in [1.29, 1.82) is 0 Å². The largest absolute Gasteiger partial charge is 0.389 e. The minimum Gasteiger partial charge on any atom is -0.389 e. The van der Waals surface area contributed by atoms with Crippen molar-refractivity contribution in [1.82, 2.24) is 15.5 Å². The fraction of sp³-hybridized carbons (Fsp3) is 0.909. The Balaban J connectivity index is 3.57. The highest BCUT2D eigenvalue weighted by Crippen LogP contribution is 2.12. The van der Waals surface area contributed by atoms with Crippen LogP contribution in [-0.2, 0) is 0 Å². The van der Waals surface area contributed by atoms with Gasteiger partial charge in [-0.15, -0.1) is 0 Å². The van der Waals surface area contributed by atoms with Crippen LogP contribution < -0.4 is 10.6 Å². The smallest absolute Gasteiger partial charge is 0.316 e. The molecule has 0 spiro atoms. The van der Waals surface area contributed by atoms with Gasteiger partial charge in [-0.05, 0) is 12.8 Å². The number of nitrogens with zero attached hydrogens (tertiary/aromatic N) is 1. The Labute approximate surface area is 98.2 Å². The maximum atomic E-state index is 11.2. The number of hydrogen-bond donors (Lipinski definition) is 3. The van der Waals surface area contributed by atoms with E-state index in [1.54, 1.807) is 14.1 Å². The maximum Gasteiger partial charge on any atom is 0.316 e. The monoisotopic (exact) mass is 231 g/mol. The standard InChI is InChI=1S/C11H25N3O2/c1-5-11(16,6-2)9-12-7-8-13-10(15)14(3)4/h12,16H,5-9H2,1-4H3,(H,13,15). The lowest BCUT2D eigenvalue weighted by Crippen LogP contribution is -2.43. The van der Waals surface area contributed by atoms with E-state index in [9.17, 15) is 9.90 Å². The topological polar surface area (TPSA) is 64.6 Å². The van der Waals surface area contributed by atoms with Gasteiger partial charge in [-0.2, -0.15) is 0 Å². The third kappa shape index (κ3) is 5.92. The summed E-state index contributed by atoms with van der Waals surface area (Å²) in [6.07, 6.45) is 1.47. The van der Waals surface area contributed by atoms with Crippen LogP contribution in [0, 0.1) is 0 Å². The van der Waals surface area contributed by atoms with Gasteiger partial charge in [0.2, 0.25) is 0 Å². The van der Waals surface area contributed by atoms with Crippen LogP contribution >= 0.6 is 0 Å². The number of carbonyl (C=O) groups excluding carboxylic acids is 1. The molecule has 0 bridgehead atoms. The molecule has 96 valence electrons. The van der Waals surface area contributed by atoms with Gasteiger partial charge in [0.1, 0.15) is 0 Å². The summed E-state index contributed by atoms with van der Waals surface area (Å²) in [5, 5.41) is 15.9. The molecule has 0 aromatic rings. The lowest BCUT2D eigenvalue weighted by Gasteiger charge is -2.25. The molecule has 0 rings (SSSR count). The molecule has 0 radical (unpaired) electrons. The minimum absolute atomic E-state index is 0.0944. The fourth-order valence-corrected chi connectivity index (χ4v) is 1.24. The van der Waals surface area contributed by atoms with E-state index in [1.807, 2.05) is 13.8 Å². The molecule has 0 atom stereocenters. The van der Waals surface area contributed by atoms with Crippen molar-refractivity contribution in [3.63, 3.8) is 0 Å². The Morgan fingerprint density at radius 1 is 1.25 bits per heavy atom. The average molecular weight is 231 g/mol. The zero-order valence-electron chi connectivity index (χ0n) is 10.8. The van der Waals surface area contributed by atoms with Crippen molar-refractivity contribution in [2.24, 2.45) is 0 Å². The molecule has 0 aliphatic heterocycles. The van der Waals surface area contributed by atoms with E-state index in [-0.39, 0.29) is 6.03 Å². The van der Waals surface area contributed by atoms with E-state index in [1.165, 1.54) is 4.90 Å². The fourth-order valence-electron chi connectivity index (χ4n) is 1.24. The Morgan fingerprint density at radius 2 is 1.81 bits per heavy atom. The van der Waals surface area contributed by atoms with E-state index < -0.39 is 5.60 Å². The Kier molecular flexibility index (Phi) is 7.08. The van der Waals surface area contributed by atoms with E-state index in [0.29, 0.717) is 19.6 Å². The minimum atomic E-state index is -0.619. The Morgan fingerprint density at radius 3 is 2.25 bits per heavy atom. The molecular weight excluding hydrogens is 206 g/mol. The molecule has 0 aliphatic carbocycles. The van der Waals surface area contributed by atoms with Crippen LogP contribution in [0.15, 0.2) is 0 Å². The van der Waals surface area contributed by atoms with E-state index >= 15 is 0 Å². The van der Waals surface area contributed by atoms with Crippen LogP contribution in [-0.4, -0.2) is 55.4 Å². The summed E-state index contributed by atoms with van der Waals surface area (Å²) in [5.41, 5.74) is -0.619. The quantitative estimate of drug-likeness (QED) is 0.556. The highest BCUT2D eigenvalue weighted by Gasteiger charge is 2.20. The highest BCUT2D eigenvalue weighted by atomic mass is 16.3. The first kappa shape index (κ1) is 15.2. The molecule has 0 aromatic carbocycles. The van der Waals surface area contributed by atoms with Gasteiger partial charge in [-0.3, -0.25) is 0 Å². The van der Waals surface area contributed by atoms with Gasteiger partial charge >= 0.3 is 6.03 Å². The van der Waals surface area contributed by atoms with Crippen molar-refractivity contribution < 1.29 is 9.90 Å². The number of urea groups is 1. The number of amides is 2. The van der Waals surface area contributed by atoms with Crippen molar-refractivity contribution in [2.75, 3.05) is 33.7 Å². The second kappa shape index (κ2) is 7.46. The normalized spacial score (nSPS) is 11.3. The number of nitrogens with one attached hydrogen (secondary N) is 2. The molecule has 0 fully saturated rings. The molecule has 2 amide bonds. The van der Waals surface area contributed by atoms with E-state index in [0.717, 1.165) is 12.8 Å². The van der Waals surface area contributed by atoms with Gasteiger partial charge in [0.05, 0.1) is 5.60 Å². The molecule has 5 heteroatoms. The van der Waals surface area contributed by atoms with Gasteiger partial charge < -0.3 is 20.6 Å². The van der Waals surface area contributed by atoms with Crippen LogP contribution in [0.25, 0.3) is 0 Å². The van der Waals surface area contributed by atoms with Crippen molar-refractivity contribution in [2.45, 2.75) is 32.3 Å². The number of carbonyl (C=O) groups is 1. The van der Waals surface area contributed by atoms with Crippen LogP contribution in [0.1, 0.15) is 26.7 Å². The second-order valence-corrected chi connectivity index (χ2v) is 4.23. The van der Waals surface area contributed by atoms with Gasteiger partial charge in [-0.1, -0.05) is 13.8 Å². The van der Waals surface area contributed by atoms with E-state index in [4.69, 9.17) is 0 Å². The van der Waals surface area contributed by atoms with E-state index in [2.05, 4.69) is 10.6 Å². The molecule has 5 nitrogen and oxygen atoms in total. The number of rotatable bonds is 7. The summed E-state index contributed by atoms with van der Waals surface area (Å²) in [5.74, 6) is 0. The summed E-state index contributed by atoms with van der Waals surface area (Å²) in [7, 11) is 3.41. The Bertz CT molecular complexity index is 203. The van der Waals surface area contributed by atoms with Crippen LogP contribution in [0.4, 0.5) is 4.79 Å². The first-order valence-corrected chi connectivity index (χ1v) is 5.83. The van der Waals surface area contributed by atoms with Crippen molar-refractivity contribution in [3.05, 3.63) is 0 Å². The van der Waals surface area contributed by atoms with Gasteiger partial charge in [0.15, 0.2) is 0 Å². The zero-order chi connectivity index (χ0) is 12.6. The molecule has 16 heavy (non-hydrogen) atoms. The van der Waals surface area contributed by atoms with Crippen molar-refractivity contribution >= 4 is 6.03 Å². The predicted octanol–water partition coefficient (Wildman–Crippen LogP) is 0.398. The first-order valence-electron chi connectivity index (χ1n) is 5.83. The third-order valence-corrected chi connectivity index (χ3v) is 2.75. The maximum absolute atomic E-state index is 11.2. The molecular formula is C11H25N3O2. The van der Waals surface area contributed by atoms with Crippen molar-refractivity contribution in [3.8, 4) is 0 Å². The molecule has 0 saturated heterocycles. The SMILES string of the molecule is CCC(O)(CC)CNCCNC(=O)N(C)C. The molecule has 0 saturated carbocycles.